The highest BCUT2D eigenvalue weighted by Gasteiger charge is 2.08. The molecule has 1 aromatic rings. The van der Waals surface area contributed by atoms with Gasteiger partial charge in [-0.1, -0.05) is 18.2 Å². The number of hydrogen-bond acceptors (Lipinski definition) is 2. The van der Waals surface area contributed by atoms with Crippen molar-refractivity contribution in [2.24, 2.45) is 0 Å². The molecule has 0 fully saturated rings. The first-order valence-corrected chi connectivity index (χ1v) is 5.94. The van der Waals surface area contributed by atoms with Gasteiger partial charge in [-0.15, -0.1) is 11.6 Å². The molecule has 0 heterocycles. The van der Waals surface area contributed by atoms with E-state index in [1.54, 1.807) is 4.90 Å². The predicted octanol–water partition coefficient (Wildman–Crippen LogP) is 2.19. The number of nitrogens with one attached hydrogen (secondary N) is 1. The zero-order valence-electron chi connectivity index (χ0n) is 9.45. The summed E-state index contributed by atoms with van der Waals surface area (Å²) in [5.74, 6) is 0.0400. The molecule has 0 saturated heterocycles. The monoisotopic (exact) mass is 240 g/mol. The van der Waals surface area contributed by atoms with Crippen LogP contribution in [0, 0.1) is 0 Å². The maximum absolute atomic E-state index is 11.4. The fourth-order valence-electron chi connectivity index (χ4n) is 1.43. The molecule has 0 unspecified atom stereocenters. The molecule has 1 amide bonds. The van der Waals surface area contributed by atoms with Crippen molar-refractivity contribution in [1.29, 1.82) is 0 Å². The molecule has 1 rings (SSSR count). The molecular weight excluding hydrogens is 224 g/mol. The van der Waals surface area contributed by atoms with Crippen molar-refractivity contribution < 1.29 is 4.79 Å². The van der Waals surface area contributed by atoms with Crippen molar-refractivity contribution in [2.45, 2.75) is 6.92 Å². The highest BCUT2D eigenvalue weighted by molar-refractivity contribution is 6.27. The Kier molecular flexibility index (Phi) is 5.72. The second-order valence-electron chi connectivity index (χ2n) is 3.40. The van der Waals surface area contributed by atoms with Gasteiger partial charge in [-0.05, 0) is 19.1 Å². The summed E-state index contributed by atoms with van der Waals surface area (Å²) in [6.45, 7) is 4.06. The Morgan fingerprint density at radius 2 is 2.06 bits per heavy atom. The van der Waals surface area contributed by atoms with E-state index in [2.05, 4.69) is 5.32 Å². The van der Waals surface area contributed by atoms with Crippen molar-refractivity contribution in [3.63, 3.8) is 0 Å². The first-order chi connectivity index (χ1) is 7.77. The van der Waals surface area contributed by atoms with Crippen LogP contribution in [-0.2, 0) is 4.79 Å². The second kappa shape index (κ2) is 7.12. The normalized spacial score (nSPS) is 9.88. The highest BCUT2D eigenvalue weighted by atomic mass is 35.5. The van der Waals surface area contributed by atoms with Crippen LogP contribution in [0.5, 0.6) is 0 Å². The molecule has 0 aliphatic rings. The van der Waals surface area contributed by atoms with Crippen LogP contribution in [0.3, 0.4) is 0 Å². The topological polar surface area (TPSA) is 32.3 Å². The van der Waals surface area contributed by atoms with Crippen LogP contribution < -0.4 is 5.32 Å². The fourth-order valence-corrected chi connectivity index (χ4v) is 1.60. The molecule has 88 valence electrons. The Hall–Kier alpha value is -1.22. The third-order valence-electron chi connectivity index (χ3n) is 2.33. The number of alkyl halides is 1. The minimum atomic E-state index is -0.0148. The zero-order chi connectivity index (χ0) is 11.8. The zero-order valence-corrected chi connectivity index (χ0v) is 10.2. The number of rotatable bonds is 6. The van der Waals surface area contributed by atoms with Crippen molar-refractivity contribution >= 4 is 23.2 Å². The molecule has 0 aliphatic heterocycles. The third kappa shape index (κ3) is 4.11. The van der Waals surface area contributed by atoms with Gasteiger partial charge in [-0.25, -0.2) is 0 Å². The second-order valence-corrected chi connectivity index (χ2v) is 3.67. The minimum absolute atomic E-state index is 0.0148. The predicted molar refractivity (Wildman–Crippen MR) is 67.9 cm³/mol. The number of halogens is 1. The lowest BCUT2D eigenvalue weighted by atomic mass is 10.3. The Bertz CT molecular complexity index is 316. The van der Waals surface area contributed by atoms with Crippen molar-refractivity contribution in [3.8, 4) is 0 Å². The average molecular weight is 241 g/mol. The summed E-state index contributed by atoms with van der Waals surface area (Å²) in [7, 11) is 0. The van der Waals surface area contributed by atoms with Gasteiger partial charge in [0.2, 0.25) is 5.91 Å². The maximum atomic E-state index is 11.4. The van der Waals surface area contributed by atoms with E-state index in [0.29, 0.717) is 13.1 Å². The van der Waals surface area contributed by atoms with Gasteiger partial charge in [0, 0.05) is 25.3 Å². The number of likely N-dealkylation sites (N-methyl/N-ethyl adjacent to an activating group) is 1. The summed E-state index contributed by atoms with van der Waals surface area (Å²) < 4.78 is 0. The summed E-state index contributed by atoms with van der Waals surface area (Å²) in [5, 5.41) is 3.25. The summed E-state index contributed by atoms with van der Waals surface area (Å²) in [6, 6.07) is 9.92. The summed E-state index contributed by atoms with van der Waals surface area (Å²) in [4.78, 5) is 13.1. The van der Waals surface area contributed by atoms with Gasteiger partial charge >= 0.3 is 0 Å². The van der Waals surface area contributed by atoms with Crippen LogP contribution in [0.2, 0.25) is 0 Å². The molecule has 0 saturated carbocycles. The van der Waals surface area contributed by atoms with Gasteiger partial charge in [0.15, 0.2) is 0 Å². The van der Waals surface area contributed by atoms with Crippen molar-refractivity contribution in [2.75, 3.05) is 30.8 Å². The molecule has 4 heteroatoms. The number of carbonyl (C=O) groups is 1. The number of carbonyl (C=O) groups excluding carboxylic acids is 1. The number of amides is 1. The fraction of sp³-hybridized carbons (Fsp3) is 0.417. The lowest BCUT2D eigenvalue weighted by molar-refractivity contribution is -0.128. The van der Waals surface area contributed by atoms with Crippen LogP contribution in [0.15, 0.2) is 30.3 Å². The highest BCUT2D eigenvalue weighted by Crippen LogP contribution is 2.04. The van der Waals surface area contributed by atoms with Gasteiger partial charge in [0.05, 0.1) is 0 Å². The molecule has 0 bridgehead atoms. The Morgan fingerprint density at radius 1 is 1.38 bits per heavy atom. The summed E-state index contributed by atoms with van der Waals surface area (Å²) >= 11 is 5.51. The number of hydrogen-bond donors (Lipinski definition) is 1. The average Bonchev–Trinajstić information content (AvgIpc) is 2.35. The number of anilines is 1. The summed E-state index contributed by atoms with van der Waals surface area (Å²) in [6.07, 6.45) is 0. The van der Waals surface area contributed by atoms with E-state index in [9.17, 15) is 4.79 Å². The van der Waals surface area contributed by atoms with Crippen molar-refractivity contribution in [1.82, 2.24) is 4.90 Å². The first-order valence-electron chi connectivity index (χ1n) is 5.40. The van der Waals surface area contributed by atoms with Crippen LogP contribution in [0.25, 0.3) is 0 Å². The van der Waals surface area contributed by atoms with E-state index in [4.69, 9.17) is 11.6 Å². The van der Waals surface area contributed by atoms with Gasteiger partial charge < -0.3 is 10.2 Å². The minimum Gasteiger partial charge on any atom is -0.383 e. The van der Waals surface area contributed by atoms with Crippen LogP contribution in [-0.4, -0.2) is 36.3 Å². The molecule has 3 nitrogen and oxygen atoms in total. The maximum Gasteiger partial charge on any atom is 0.237 e. The molecule has 0 spiro atoms. The first kappa shape index (κ1) is 12.8. The molecule has 0 aliphatic carbocycles. The van der Waals surface area contributed by atoms with Gasteiger partial charge in [-0.3, -0.25) is 4.79 Å². The smallest absolute Gasteiger partial charge is 0.237 e. The number of para-hydroxylation sites is 1. The molecule has 0 radical (unpaired) electrons. The van der Waals surface area contributed by atoms with E-state index in [1.165, 1.54) is 0 Å². The number of benzene rings is 1. The Morgan fingerprint density at radius 3 is 2.62 bits per heavy atom. The Balaban J connectivity index is 2.31. The quantitative estimate of drug-likeness (QED) is 0.774. The van der Waals surface area contributed by atoms with E-state index in [0.717, 1.165) is 12.2 Å². The van der Waals surface area contributed by atoms with E-state index < -0.39 is 0 Å². The Labute approximate surface area is 101 Å². The molecule has 1 aromatic carbocycles. The van der Waals surface area contributed by atoms with Gasteiger partial charge in [0.1, 0.15) is 5.88 Å². The van der Waals surface area contributed by atoms with E-state index in [-0.39, 0.29) is 11.8 Å². The third-order valence-corrected chi connectivity index (χ3v) is 2.56. The molecule has 16 heavy (non-hydrogen) atoms. The van der Waals surface area contributed by atoms with Gasteiger partial charge in [-0.2, -0.15) is 0 Å². The largest absolute Gasteiger partial charge is 0.383 e. The SMILES string of the molecule is CCN(CCNc1ccccc1)C(=O)CCl. The van der Waals surface area contributed by atoms with E-state index >= 15 is 0 Å². The van der Waals surface area contributed by atoms with Gasteiger partial charge in [0.25, 0.3) is 0 Å². The summed E-state index contributed by atoms with van der Waals surface area (Å²) in [5.41, 5.74) is 1.07. The molecule has 1 N–H and O–H groups in total. The standard InChI is InChI=1S/C12H17ClN2O/c1-2-15(12(16)10-13)9-8-14-11-6-4-3-5-7-11/h3-7,14H,2,8-10H2,1H3. The molecule has 0 aromatic heterocycles. The molecule has 0 atom stereocenters. The van der Waals surface area contributed by atoms with Crippen molar-refractivity contribution in [3.05, 3.63) is 30.3 Å². The lowest BCUT2D eigenvalue weighted by Crippen LogP contribution is -2.35. The lowest BCUT2D eigenvalue weighted by Gasteiger charge is -2.20. The number of nitrogens with zero attached hydrogens (tertiary/aromatic N) is 1. The van der Waals surface area contributed by atoms with Crippen LogP contribution >= 0.6 is 11.6 Å². The van der Waals surface area contributed by atoms with Crippen LogP contribution in [0.1, 0.15) is 6.92 Å². The van der Waals surface area contributed by atoms with Crippen LogP contribution in [0.4, 0.5) is 5.69 Å². The molecular formula is C12H17ClN2O. The van der Waals surface area contributed by atoms with E-state index in [1.807, 2.05) is 37.3 Å².